The van der Waals surface area contributed by atoms with E-state index in [1.54, 1.807) is 6.07 Å². The number of hydrogen-bond acceptors (Lipinski definition) is 3. The Morgan fingerprint density at radius 1 is 1.44 bits per heavy atom. The van der Waals surface area contributed by atoms with Crippen LogP contribution in [0.3, 0.4) is 0 Å². The number of piperidine rings is 1. The zero-order valence-electron chi connectivity index (χ0n) is 9.53. The van der Waals surface area contributed by atoms with Gasteiger partial charge in [-0.15, -0.1) is 0 Å². The first kappa shape index (κ1) is 11.3. The van der Waals surface area contributed by atoms with Crippen molar-refractivity contribution in [2.45, 2.75) is 25.9 Å². The van der Waals surface area contributed by atoms with E-state index in [4.69, 9.17) is 4.74 Å². The van der Waals surface area contributed by atoms with Crippen molar-refractivity contribution in [2.24, 2.45) is 0 Å². The maximum atomic E-state index is 12.6. The predicted octanol–water partition coefficient (Wildman–Crippen LogP) is 2.08. The maximum Gasteiger partial charge on any atom is 0.213 e. The molecule has 0 atom stereocenters. The highest BCUT2D eigenvalue weighted by atomic mass is 19.1. The summed E-state index contributed by atoms with van der Waals surface area (Å²) in [7, 11) is 0. The Balaban J connectivity index is 1.84. The molecule has 1 aliphatic rings. The van der Waals surface area contributed by atoms with Gasteiger partial charge in [-0.25, -0.2) is 9.37 Å². The fraction of sp³-hybridized carbons (Fsp3) is 0.583. The quantitative estimate of drug-likeness (QED) is 0.786. The Bertz CT molecular complexity index is 320. The molecule has 0 aliphatic carbocycles. The van der Waals surface area contributed by atoms with Crippen LogP contribution in [0.4, 0.5) is 4.39 Å². The molecule has 0 saturated carbocycles. The molecular weight excluding hydrogens is 207 g/mol. The molecule has 0 amide bonds. The average molecular weight is 224 g/mol. The molecule has 0 bridgehead atoms. The zero-order chi connectivity index (χ0) is 11.4. The van der Waals surface area contributed by atoms with Crippen molar-refractivity contribution in [1.29, 1.82) is 0 Å². The highest BCUT2D eigenvalue weighted by Gasteiger charge is 2.19. The summed E-state index contributed by atoms with van der Waals surface area (Å²) >= 11 is 0. The van der Waals surface area contributed by atoms with E-state index in [-0.39, 0.29) is 11.9 Å². The summed E-state index contributed by atoms with van der Waals surface area (Å²) in [5.74, 6) is 0.199. The van der Waals surface area contributed by atoms with Crippen molar-refractivity contribution >= 4 is 0 Å². The van der Waals surface area contributed by atoms with Crippen molar-refractivity contribution in [2.75, 3.05) is 19.6 Å². The van der Waals surface area contributed by atoms with E-state index >= 15 is 0 Å². The van der Waals surface area contributed by atoms with Gasteiger partial charge in [-0.3, -0.25) is 0 Å². The van der Waals surface area contributed by atoms with Gasteiger partial charge in [0.15, 0.2) is 0 Å². The monoisotopic (exact) mass is 224 g/mol. The Hall–Kier alpha value is -1.16. The van der Waals surface area contributed by atoms with Gasteiger partial charge in [-0.2, -0.15) is 0 Å². The van der Waals surface area contributed by atoms with Crippen LogP contribution in [0.1, 0.15) is 19.8 Å². The zero-order valence-corrected chi connectivity index (χ0v) is 9.53. The van der Waals surface area contributed by atoms with E-state index in [0.717, 1.165) is 32.5 Å². The van der Waals surface area contributed by atoms with Crippen LogP contribution >= 0.6 is 0 Å². The smallest absolute Gasteiger partial charge is 0.213 e. The molecule has 0 aromatic carbocycles. The van der Waals surface area contributed by atoms with Gasteiger partial charge in [0.1, 0.15) is 11.9 Å². The third-order valence-electron chi connectivity index (χ3n) is 2.97. The van der Waals surface area contributed by atoms with Gasteiger partial charge in [0.25, 0.3) is 0 Å². The van der Waals surface area contributed by atoms with Crippen LogP contribution in [0, 0.1) is 5.82 Å². The highest BCUT2D eigenvalue weighted by molar-refractivity contribution is 5.11. The number of pyridine rings is 1. The minimum atomic E-state index is -0.326. The third-order valence-corrected chi connectivity index (χ3v) is 2.97. The van der Waals surface area contributed by atoms with E-state index in [1.807, 2.05) is 0 Å². The molecule has 4 heteroatoms. The minimum Gasteiger partial charge on any atom is -0.474 e. The molecule has 1 saturated heterocycles. The molecule has 0 N–H and O–H groups in total. The molecule has 88 valence electrons. The summed E-state index contributed by atoms with van der Waals surface area (Å²) in [6, 6.07) is 2.96. The van der Waals surface area contributed by atoms with Crippen molar-refractivity contribution in [3.63, 3.8) is 0 Å². The molecule has 1 aliphatic heterocycles. The average Bonchev–Trinajstić information content (AvgIpc) is 2.33. The molecule has 1 fully saturated rings. The molecule has 1 aromatic heterocycles. The van der Waals surface area contributed by atoms with Crippen molar-refractivity contribution in [3.8, 4) is 5.88 Å². The highest BCUT2D eigenvalue weighted by Crippen LogP contribution is 2.16. The molecule has 3 nitrogen and oxygen atoms in total. The summed E-state index contributed by atoms with van der Waals surface area (Å²) in [6.45, 7) is 5.41. The van der Waals surface area contributed by atoms with Crippen LogP contribution in [-0.2, 0) is 0 Å². The summed E-state index contributed by atoms with van der Waals surface area (Å²) < 4.78 is 18.3. The van der Waals surface area contributed by atoms with Crippen LogP contribution in [0.25, 0.3) is 0 Å². The molecule has 0 unspecified atom stereocenters. The molecule has 0 spiro atoms. The fourth-order valence-corrected chi connectivity index (χ4v) is 1.95. The Morgan fingerprint density at radius 3 is 2.75 bits per heavy atom. The second-order valence-electron chi connectivity index (χ2n) is 4.07. The van der Waals surface area contributed by atoms with Crippen molar-refractivity contribution in [3.05, 3.63) is 24.1 Å². The van der Waals surface area contributed by atoms with Gasteiger partial charge in [-0.1, -0.05) is 6.92 Å². The summed E-state index contributed by atoms with van der Waals surface area (Å²) in [6.07, 6.45) is 3.46. The van der Waals surface area contributed by atoms with Crippen LogP contribution in [0.15, 0.2) is 18.3 Å². The molecule has 2 rings (SSSR count). The first-order valence-corrected chi connectivity index (χ1v) is 5.78. The van der Waals surface area contributed by atoms with E-state index in [2.05, 4.69) is 16.8 Å². The lowest BCUT2D eigenvalue weighted by atomic mass is 10.1. The number of nitrogens with zero attached hydrogens (tertiary/aromatic N) is 2. The van der Waals surface area contributed by atoms with Crippen molar-refractivity contribution in [1.82, 2.24) is 9.88 Å². The topological polar surface area (TPSA) is 25.4 Å². The minimum absolute atomic E-state index is 0.223. The van der Waals surface area contributed by atoms with Crippen LogP contribution < -0.4 is 4.74 Å². The van der Waals surface area contributed by atoms with Gasteiger partial charge in [0, 0.05) is 19.2 Å². The number of hydrogen-bond donors (Lipinski definition) is 0. The van der Waals surface area contributed by atoms with Crippen molar-refractivity contribution < 1.29 is 9.13 Å². The summed E-state index contributed by atoms with van der Waals surface area (Å²) in [5.41, 5.74) is 0. The second-order valence-corrected chi connectivity index (χ2v) is 4.07. The largest absolute Gasteiger partial charge is 0.474 e. The molecule has 2 heterocycles. The van der Waals surface area contributed by atoms with Gasteiger partial charge >= 0.3 is 0 Å². The van der Waals surface area contributed by atoms with Gasteiger partial charge < -0.3 is 9.64 Å². The van der Waals surface area contributed by atoms with E-state index in [9.17, 15) is 4.39 Å². The number of ether oxygens (including phenoxy) is 1. The number of likely N-dealkylation sites (tertiary alicyclic amines) is 1. The standard InChI is InChI=1S/C12H17FN2O/c1-2-15-7-5-11(6-8-15)16-12-4-3-10(13)9-14-12/h3-4,9,11H,2,5-8H2,1H3. The van der Waals surface area contributed by atoms with E-state index in [1.165, 1.54) is 12.3 Å². The van der Waals surface area contributed by atoms with Gasteiger partial charge in [-0.05, 0) is 25.5 Å². The number of aromatic nitrogens is 1. The lowest BCUT2D eigenvalue weighted by Gasteiger charge is -2.30. The Morgan fingerprint density at radius 2 is 2.19 bits per heavy atom. The van der Waals surface area contributed by atoms with Crippen LogP contribution in [-0.4, -0.2) is 35.6 Å². The van der Waals surface area contributed by atoms with E-state index in [0.29, 0.717) is 5.88 Å². The SMILES string of the molecule is CCN1CCC(Oc2ccc(F)cn2)CC1. The number of rotatable bonds is 3. The molecule has 0 radical (unpaired) electrons. The Kier molecular flexibility index (Phi) is 3.72. The van der Waals surface area contributed by atoms with Crippen LogP contribution in [0.2, 0.25) is 0 Å². The maximum absolute atomic E-state index is 12.6. The number of halogens is 1. The lowest BCUT2D eigenvalue weighted by Crippen LogP contribution is -2.38. The van der Waals surface area contributed by atoms with Gasteiger partial charge in [0.2, 0.25) is 5.88 Å². The summed E-state index contributed by atoms with van der Waals surface area (Å²) in [4.78, 5) is 6.30. The predicted molar refractivity (Wildman–Crippen MR) is 60.0 cm³/mol. The van der Waals surface area contributed by atoms with Crippen LogP contribution in [0.5, 0.6) is 5.88 Å². The summed E-state index contributed by atoms with van der Waals surface area (Å²) in [5, 5.41) is 0. The lowest BCUT2D eigenvalue weighted by molar-refractivity contribution is 0.0996. The normalized spacial score (nSPS) is 18.6. The van der Waals surface area contributed by atoms with Gasteiger partial charge in [0.05, 0.1) is 6.20 Å². The third kappa shape index (κ3) is 2.92. The molecule has 16 heavy (non-hydrogen) atoms. The van der Waals surface area contributed by atoms with E-state index < -0.39 is 0 Å². The second kappa shape index (κ2) is 5.25. The molecular formula is C12H17FN2O. The molecule has 1 aromatic rings. The fourth-order valence-electron chi connectivity index (χ4n) is 1.95. The first-order chi connectivity index (χ1) is 7.78. The Labute approximate surface area is 95.2 Å². The first-order valence-electron chi connectivity index (χ1n) is 5.78.